The van der Waals surface area contributed by atoms with Crippen LogP contribution in [-0.4, -0.2) is 19.7 Å². The minimum atomic E-state index is 0.157. The van der Waals surface area contributed by atoms with Crippen LogP contribution in [0, 0.1) is 0 Å². The molecule has 0 radical (unpaired) electrons. The Bertz CT molecular complexity index is 406. The average Bonchev–Trinajstić information content (AvgIpc) is 2.41. The quantitative estimate of drug-likeness (QED) is 0.533. The minimum Gasteiger partial charge on any atom is -0.506 e. The fraction of sp³-hybridized carbons (Fsp3) is 0. The first kappa shape index (κ1) is 5.22. The molecule has 0 saturated heterocycles. The molecule has 0 spiro atoms. The number of rotatable bonds is 0. The van der Waals surface area contributed by atoms with Crippen LogP contribution in [0.3, 0.4) is 0 Å². The molecule has 0 fully saturated rings. The fourth-order valence-electron chi connectivity index (χ4n) is 0.877. The molecule has 0 atom stereocenters. The summed E-state index contributed by atoms with van der Waals surface area (Å²) in [7, 11) is 0. The van der Waals surface area contributed by atoms with Gasteiger partial charge in [-0.2, -0.15) is 0 Å². The van der Waals surface area contributed by atoms with E-state index in [0.717, 1.165) is 0 Å². The highest BCUT2D eigenvalue weighted by atomic mass is 16.3. The van der Waals surface area contributed by atoms with Gasteiger partial charge >= 0.3 is 0 Å². The van der Waals surface area contributed by atoms with Crippen molar-refractivity contribution in [3.05, 3.63) is 17.7 Å². The maximum absolute atomic E-state index is 9.08. The molecule has 0 saturated carbocycles. The largest absolute Gasteiger partial charge is 0.506 e. The summed E-state index contributed by atoms with van der Waals surface area (Å²) < 4.78 is 1.62. The van der Waals surface area contributed by atoms with Crippen LogP contribution in [0.15, 0.2) is 12.5 Å². The zero-order valence-electron chi connectivity index (χ0n) is 5.15. The van der Waals surface area contributed by atoms with Gasteiger partial charge in [0.1, 0.15) is 12.1 Å². The van der Waals surface area contributed by atoms with Gasteiger partial charge in [0.15, 0.2) is 5.65 Å². The van der Waals surface area contributed by atoms with Gasteiger partial charge < -0.3 is 5.11 Å². The van der Waals surface area contributed by atoms with E-state index in [9.17, 15) is 0 Å². The molecule has 0 bridgehead atoms. The minimum absolute atomic E-state index is 0.157. The molecule has 2 aromatic rings. The summed E-state index contributed by atoms with van der Waals surface area (Å²) >= 11 is 0. The molecule has 50 valence electrons. The predicted molar refractivity (Wildman–Crippen MR) is 35.4 cm³/mol. The standard InChI is InChI=1S/C6H5N3O/c1-4-5(10)2-9-3-7-8-6(4)9/h2-3,10H,1H2. The van der Waals surface area contributed by atoms with Gasteiger partial charge in [0.05, 0.1) is 11.4 Å². The van der Waals surface area contributed by atoms with Crippen LogP contribution in [0.4, 0.5) is 0 Å². The van der Waals surface area contributed by atoms with E-state index in [4.69, 9.17) is 5.11 Å². The molecule has 1 N–H and O–H groups in total. The molecule has 0 aliphatic rings. The van der Waals surface area contributed by atoms with Crippen molar-refractivity contribution in [3.63, 3.8) is 0 Å². The molecule has 2 rings (SSSR count). The monoisotopic (exact) mass is 135 g/mol. The Morgan fingerprint density at radius 2 is 2.40 bits per heavy atom. The normalized spacial score (nSPS) is 10.8. The Morgan fingerprint density at radius 3 is 3.10 bits per heavy atom. The number of aromatic hydroxyl groups is 1. The van der Waals surface area contributed by atoms with E-state index in [2.05, 4.69) is 16.8 Å². The second-order valence-electron chi connectivity index (χ2n) is 2.05. The number of hydrogen-bond donors (Lipinski definition) is 1. The molecule has 2 aromatic heterocycles. The van der Waals surface area contributed by atoms with Crippen LogP contribution in [-0.2, 0) is 0 Å². The molecule has 10 heavy (non-hydrogen) atoms. The summed E-state index contributed by atoms with van der Waals surface area (Å²) in [5.74, 6) is 0.157. The lowest BCUT2D eigenvalue weighted by molar-refractivity contribution is 0.472. The highest BCUT2D eigenvalue weighted by Gasteiger charge is 2.01. The van der Waals surface area contributed by atoms with Gasteiger partial charge in [0.2, 0.25) is 0 Å². The van der Waals surface area contributed by atoms with Crippen LogP contribution in [0.1, 0.15) is 0 Å². The first-order valence-electron chi connectivity index (χ1n) is 2.79. The van der Waals surface area contributed by atoms with Crippen molar-refractivity contribution in [2.75, 3.05) is 0 Å². The number of nitrogens with zero attached hydrogens (tertiary/aromatic N) is 3. The highest BCUT2D eigenvalue weighted by molar-refractivity contribution is 5.48. The van der Waals surface area contributed by atoms with Gasteiger partial charge in [0.25, 0.3) is 0 Å². The van der Waals surface area contributed by atoms with Crippen LogP contribution in [0.25, 0.3) is 12.2 Å². The van der Waals surface area contributed by atoms with Crippen molar-refractivity contribution in [1.82, 2.24) is 14.6 Å². The van der Waals surface area contributed by atoms with Crippen molar-refractivity contribution in [1.29, 1.82) is 0 Å². The zero-order chi connectivity index (χ0) is 7.14. The molecule has 4 nitrogen and oxygen atoms in total. The van der Waals surface area contributed by atoms with Gasteiger partial charge in [-0.3, -0.25) is 4.40 Å². The lowest BCUT2D eigenvalue weighted by Gasteiger charge is -1.74. The third kappa shape index (κ3) is 0.452. The van der Waals surface area contributed by atoms with Gasteiger partial charge in [-0.05, 0) is 0 Å². The maximum Gasteiger partial charge on any atom is 0.171 e. The van der Waals surface area contributed by atoms with Gasteiger partial charge in [0, 0.05) is 0 Å². The highest BCUT2D eigenvalue weighted by Crippen LogP contribution is 2.02. The maximum atomic E-state index is 9.08. The van der Waals surface area contributed by atoms with E-state index in [1.165, 1.54) is 12.5 Å². The van der Waals surface area contributed by atoms with Gasteiger partial charge in [-0.1, -0.05) is 6.58 Å². The van der Waals surface area contributed by atoms with Crippen LogP contribution < -0.4 is 5.22 Å². The Morgan fingerprint density at radius 1 is 1.60 bits per heavy atom. The van der Waals surface area contributed by atoms with Crippen LogP contribution >= 0.6 is 0 Å². The summed E-state index contributed by atoms with van der Waals surface area (Å²) in [5, 5.41) is 17.0. The van der Waals surface area contributed by atoms with Crippen molar-refractivity contribution in [2.24, 2.45) is 0 Å². The smallest absolute Gasteiger partial charge is 0.171 e. The lowest BCUT2D eigenvalue weighted by Crippen LogP contribution is -1.94. The van der Waals surface area contributed by atoms with E-state index >= 15 is 0 Å². The molecular formula is C6H5N3O. The van der Waals surface area contributed by atoms with Crippen LogP contribution in [0.2, 0.25) is 0 Å². The van der Waals surface area contributed by atoms with Gasteiger partial charge in [-0.25, -0.2) is 0 Å². The summed E-state index contributed by atoms with van der Waals surface area (Å²) in [6, 6.07) is 0. The first-order valence-corrected chi connectivity index (χ1v) is 2.79. The second-order valence-corrected chi connectivity index (χ2v) is 2.05. The van der Waals surface area contributed by atoms with Gasteiger partial charge in [-0.15, -0.1) is 10.2 Å². The van der Waals surface area contributed by atoms with Crippen molar-refractivity contribution < 1.29 is 5.11 Å². The zero-order valence-corrected chi connectivity index (χ0v) is 5.15. The number of hydrogen-bond acceptors (Lipinski definition) is 3. The van der Waals surface area contributed by atoms with Crippen molar-refractivity contribution >= 4 is 12.2 Å². The predicted octanol–water partition coefficient (Wildman–Crippen LogP) is -0.436. The lowest BCUT2D eigenvalue weighted by atomic mass is 10.5. The average molecular weight is 135 g/mol. The third-order valence-corrected chi connectivity index (χ3v) is 1.41. The number of fused-ring (bicyclic) bond motifs is 1. The molecule has 0 aliphatic carbocycles. The summed E-state index contributed by atoms with van der Waals surface area (Å²) in [6.07, 6.45) is 3.04. The number of aromatic nitrogens is 3. The molecule has 0 unspecified atom stereocenters. The van der Waals surface area contributed by atoms with Crippen molar-refractivity contribution in [2.45, 2.75) is 0 Å². The van der Waals surface area contributed by atoms with Crippen molar-refractivity contribution in [3.8, 4) is 5.75 Å². The summed E-state index contributed by atoms with van der Waals surface area (Å²) in [5.41, 5.74) is 0.609. The second kappa shape index (κ2) is 1.47. The molecule has 2 heterocycles. The first-order chi connectivity index (χ1) is 4.79. The van der Waals surface area contributed by atoms with Crippen LogP contribution in [0.5, 0.6) is 5.75 Å². The topological polar surface area (TPSA) is 50.4 Å². The van der Waals surface area contributed by atoms with E-state index in [1.807, 2.05) is 0 Å². The van der Waals surface area contributed by atoms with E-state index in [-0.39, 0.29) is 5.75 Å². The summed E-state index contributed by atoms with van der Waals surface area (Å²) in [4.78, 5) is 0. The van der Waals surface area contributed by atoms with E-state index in [0.29, 0.717) is 10.9 Å². The van der Waals surface area contributed by atoms with E-state index < -0.39 is 0 Å². The molecular weight excluding hydrogens is 130 g/mol. The fourth-order valence-corrected chi connectivity index (χ4v) is 0.877. The molecule has 0 aromatic carbocycles. The molecule has 4 heteroatoms. The third-order valence-electron chi connectivity index (χ3n) is 1.41. The van der Waals surface area contributed by atoms with E-state index in [1.54, 1.807) is 4.40 Å². The SMILES string of the molecule is C=c1c(O)cn2cnnc12. The Labute approximate surface area is 56.4 Å². The summed E-state index contributed by atoms with van der Waals surface area (Å²) in [6.45, 7) is 3.61. The Hall–Kier alpha value is -1.58. The molecule has 0 aliphatic heterocycles. The Balaban J connectivity index is 3.09. The molecule has 0 amide bonds. The Kier molecular flexibility index (Phi) is 0.768.